The van der Waals surface area contributed by atoms with Gasteiger partial charge in [-0.25, -0.2) is 9.78 Å². The van der Waals surface area contributed by atoms with Crippen molar-refractivity contribution in [1.82, 2.24) is 19.0 Å². The molecular formula is C20H31N5O3. The number of carbonyl (C=O) groups is 1. The molecule has 2 aromatic heterocycles. The van der Waals surface area contributed by atoms with Crippen molar-refractivity contribution in [3.63, 3.8) is 0 Å². The molecule has 0 unspecified atom stereocenters. The lowest BCUT2D eigenvalue weighted by Crippen LogP contribution is -2.30. The van der Waals surface area contributed by atoms with Crippen LogP contribution in [0.1, 0.15) is 25.7 Å². The second-order valence-electron chi connectivity index (χ2n) is 8.06. The van der Waals surface area contributed by atoms with Crippen LogP contribution < -0.4 is 10.6 Å². The van der Waals surface area contributed by atoms with Crippen molar-refractivity contribution < 1.29 is 9.53 Å². The lowest BCUT2D eigenvalue weighted by Gasteiger charge is -2.27. The zero-order chi connectivity index (χ0) is 20.3. The SMILES string of the molecule is CN(C)CCN(C)c1ccc2c(n1)n(CC1CCC(OC=O)CC1)c(=O)n2C. The Hall–Kier alpha value is -2.35. The van der Waals surface area contributed by atoms with E-state index >= 15 is 0 Å². The summed E-state index contributed by atoms with van der Waals surface area (Å²) in [5, 5.41) is 0. The van der Waals surface area contributed by atoms with Gasteiger partial charge in [-0.3, -0.25) is 13.9 Å². The predicted octanol–water partition coefficient (Wildman–Crippen LogP) is 1.46. The fourth-order valence-electron chi connectivity index (χ4n) is 3.90. The summed E-state index contributed by atoms with van der Waals surface area (Å²) in [6.07, 6.45) is 3.63. The highest BCUT2D eigenvalue weighted by Crippen LogP contribution is 2.28. The Bertz CT molecular complexity index is 865. The van der Waals surface area contributed by atoms with Crippen LogP contribution in [0.2, 0.25) is 0 Å². The number of hydrogen-bond acceptors (Lipinski definition) is 6. The topological polar surface area (TPSA) is 72.6 Å². The molecule has 0 amide bonds. The Labute approximate surface area is 165 Å². The van der Waals surface area contributed by atoms with Crippen molar-refractivity contribution in [3.8, 4) is 0 Å². The molecule has 1 aliphatic rings. The number of pyridine rings is 1. The van der Waals surface area contributed by atoms with E-state index in [9.17, 15) is 9.59 Å². The third-order valence-corrected chi connectivity index (χ3v) is 5.73. The zero-order valence-electron chi connectivity index (χ0n) is 17.3. The number of anilines is 1. The Morgan fingerprint density at radius 3 is 2.54 bits per heavy atom. The highest BCUT2D eigenvalue weighted by molar-refractivity contribution is 5.74. The summed E-state index contributed by atoms with van der Waals surface area (Å²) in [5.74, 6) is 1.27. The standard InChI is InChI=1S/C20H31N5O3/c1-22(2)11-12-23(3)18-10-9-17-19(21-18)25(20(27)24(17)4)13-15-5-7-16(8-6-15)28-14-26/h9-10,14-16H,5-8,11-13H2,1-4H3. The van der Waals surface area contributed by atoms with Crippen LogP contribution >= 0.6 is 0 Å². The van der Waals surface area contributed by atoms with Gasteiger partial charge >= 0.3 is 5.69 Å². The van der Waals surface area contributed by atoms with Crippen molar-refractivity contribution in [3.05, 3.63) is 22.6 Å². The molecule has 0 spiro atoms. The van der Waals surface area contributed by atoms with Gasteiger partial charge < -0.3 is 14.5 Å². The minimum Gasteiger partial charge on any atom is -0.465 e. The first-order chi connectivity index (χ1) is 13.4. The number of carbonyl (C=O) groups excluding carboxylic acids is 1. The molecule has 2 aromatic rings. The number of likely N-dealkylation sites (N-methyl/N-ethyl adjacent to an activating group) is 2. The average Bonchev–Trinajstić information content (AvgIpc) is 2.92. The predicted molar refractivity (Wildman–Crippen MR) is 110 cm³/mol. The fourth-order valence-corrected chi connectivity index (χ4v) is 3.90. The molecule has 0 atom stereocenters. The van der Waals surface area contributed by atoms with E-state index < -0.39 is 0 Å². The van der Waals surface area contributed by atoms with Crippen LogP contribution in [0.25, 0.3) is 11.2 Å². The number of ether oxygens (including phenoxy) is 1. The lowest BCUT2D eigenvalue weighted by atomic mass is 9.87. The quantitative estimate of drug-likeness (QED) is 0.637. The highest BCUT2D eigenvalue weighted by Gasteiger charge is 2.24. The van der Waals surface area contributed by atoms with Gasteiger partial charge in [-0.15, -0.1) is 0 Å². The number of hydrogen-bond donors (Lipinski definition) is 0. The molecule has 8 heteroatoms. The maximum absolute atomic E-state index is 12.8. The molecule has 0 bridgehead atoms. The molecule has 2 heterocycles. The van der Waals surface area contributed by atoms with E-state index in [1.807, 2.05) is 37.8 Å². The molecular weight excluding hydrogens is 358 g/mol. The Kier molecular flexibility index (Phi) is 6.39. The first kappa shape index (κ1) is 20.4. The molecule has 0 aliphatic heterocycles. The first-order valence-electron chi connectivity index (χ1n) is 9.92. The van der Waals surface area contributed by atoms with Crippen LogP contribution in [0.3, 0.4) is 0 Å². The summed E-state index contributed by atoms with van der Waals surface area (Å²) < 4.78 is 8.57. The van der Waals surface area contributed by atoms with Crippen LogP contribution in [0.4, 0.5) is 5.82 Å². The molecule has 1 saturated carbocycles. The van der Waals surface area contributed by atoms with Gasteiger partial charge in [0.15, 0.2) is 5.65 Å². The molecule has 0 aromatic carbocycles. The summed E-state index contributed by atoms with van der Waals surface area (Å²) in [6, 6.07) is 3.96. The van der Waals surface area contributed by atoms with Crippen LogP contribution in [0, 0.1) is 5.92 Å². The summed E-state index contributed by atoms with van der Waals surface area (Å²) in [4.78, 5) is 32.4. The van der Waals surface area contributed by atoms with Crippen molar-refractivity contribution in [2.24, 2.45) is 13.0 Å². The van der Waals surface area contributed by atoms with Gasteiger partial charge in [-0.1, -0.05) is 0 Å². The van der Waals surface area contributed by atoms with Crippen molar-refractivity contribution in [2.75, 3.05) is 39.1 Å². The van der Waals surface area contributed by atoms with Gasteiger partial charge in [0, 0.05) is 33.7 Å². The normalized spacial score (nSPS) is 19.9. The Balaban J connectivity index is 1.81. The monoisotopic (exact) mass is 389 g/mol. The van der Waals surface area contributed by atoms with Gasteiger partial charge in [0.25, 0.3) is 6.47 Å². The summed E-state index contributed by atoms with van der Waals surface area (Å²) in [6.45, 7) is 2.99. The van der Waals surface area contributed by atoms with Gasteiger partial charge in [0.05, 0.1) is 5.52 Å². The Morgan fingerprint density at radius 2 is 1.89 bits per heavy atom. The molecule has 1 fully saturated rings. The van der Waals surface area contributed by atoms with Crippen LogP contribution in [-0.4, -0.2) is 65.8 Å². The molecule has 8 nitrogen and oxygen atoms in total. The van der Waals surface area contributed by atoms with Crippen LogP contribution in [-0.2, 0) is 23.1 Å². The molecule has 1 aliphatic carbocycles. The van der Waals surface area contributed by atoms with Crippen molar-refractivity contribution in [2.45, 2.75) is 38.3 Å². The van der Waals surface area contributed by atoms with Crippen molar-refractivity contribution in [1.29, 1.82) is 0 Å². The van der Waals surface area contributed by atoms with E-state index in [4.69, 9.17) is 9.72 Å². The summed E-state index contributed by atoms with van der Waals surface area (Å²) >= 11 is 0. The number of rotatable bonds is 8. The number of fused-ring (bicyclic) bond motifs is 1. The highest BCUT2D eigenvalue weighted by atomic mass is 16.5. The van der Waals surface area contributed by atoms with Crippen LogP contribution in [0.15, 0.2) is 16.9 Å². The zero-order valence-corrected chi connectivity index (χ0v) is 17.3. The Morgan fingerprint density at radius 1 is 1.18 bits per heavy atom. The van der Waals surface area contributed by atoms with E-state index in [0.29, 0.717) is 18.9 Å². The minimum atomic E-state index is -0.0261. The molecule has 154 valence electrons. The largest absolute Gasteiger partial charge is 0.465 e. The molecule has 3 rings (SSSR count). The molecule has 0 saturated heterocycles. The smallest absolute Gasteiger partial charge is 0.330 e. The third-order valence-electron chi connectivity index (χ3n) is 5.73. The number of imidazole rings is 1. The fraction of sp³-hybridized carbons (Fsp3) is 0.650. The number of aryl methyl sites for hydroxylation is 1. The number of aromatic nitrogens is 3. The van der Waals surface area contributed by atoms with Gasteiger partial charge in [0.2, 0.25) is 0 Å². The summed E-state index contributed by atoms with van der Waals surface area (Å²) in [7, 11) is 7.92. The van der Waals surface area contributed by atoms with E-state index in [-0.39, 0.29) is 11.8 Å². The average molecular weight is 390 g/mol. The van der Waals surface area contributed by atoms with Gasteiger partial charge in [0.1, 0.15) is 11.9 Å². The molecule has 28 heavy (non-hydrogen) atoms. The maximum atomic E-state index is 12.8. The molecule has 0 N–H and O–H groups in total. The first-order valence-corrected chi connectivity index (χ1v) is 9.92. The van der Waals surface area contributed by atoms with E-state index in [1.54, 1.807) is 11.6 Å². The minimum absolute atomic E-state index is 0.0214. The second-order valence-corrected chi connectivity index (χ2v) is 8.06. The van der Waals surface area contributed by atoms with Gasteiger partial charge in [-0.2, -0.15) is 0 Å². The van der Waals surface area contributed by atoms with Crippen molar-refractivity contribution >= 4 is 23.5 Å². The maximum Gasteiger partial charge on any atom is 0.330 e. The van der Waals surface area contributed by atoms with Gasteiger partial charge in [-0.05, 0) is 57.8 Å². The van der Waals surface area contributed by atoms with E-state index in [2.05, 4.69) is 9.80 Å². The lowest BCUT2D eigenvalue weighted by molar-refractivity contribution is -0.135. The third kappa shape index (κ3) is 4.38. The van der Waals surface area contributed by atoms with Crippen LogP contribution in [0.5, 0.6) is 0 Å². The molecule has 0 radical (unpaired) electrons. The van der Waals surface area contributed by atoms with E-state index in [0.717, 1.165) is 55.8 Å². The number of nitrogens with zero attached hydrogens (tertiary/aromatic N) is 5. The van der Waals surface area contributed by atoms with E-state index in [1.165, 1.54) is 0 Å². The summed E-state index contributed by atoms with van der Waals surface area (Å²) in [5.41, 5.74) is 1.57. The second kappa shape index (κ2) is 8.77.